The van der Waals surface area contributed by atoms with E-state index in [2.05, 4.69) is 20.5 Å². The molecule has 0 saturated carbocycles. The van der Waals surface area contributed by atoms with E-state index >= 15 is 0 Å². The normalized spacial score (nSPS) is 16.8. The van der Waals surface area contributed by atoms with Crippen LogP contribution >= 0.6 is 0 Å². The molecule has 4 rings (SSSR count). The Hall–Kier alpha value is -2.74. The molecule has 0 N–H and O–H groups in total. The Balaban J connectivity index is 1.55. The summed E-state index contributed by atoms with van der Waals surface area (Å²) in [6, 6.07) is 7.93. The fraction of sp³-hybridized carbons (Fsp3) is 0.375. The van der Waals surface area contributed by atoms with Gasteiger partial charge in [-0.15, -0.1) is 5.10 Å². The second kappa shape index (κ2) is 6.04. The lowest BCUT2D eigenvalue weighted by molar-refractivity contribution is -0.00119. The number of ether oxygens (including phenoxy) is 2. The number of nitrogens with zero attached hydrogens (tertiary/aromatic N) is 5. The third-order valence-electron chi connectivity index (χ3n) is 3.89. The summed E-state index contributed by atoms with van der Waals surface area (Å²) in [4.78, 5) is 4.20. The molecule has 1 aliphatic heterocycles. The molecule has 0 spiro atoms. The molecule has 3 aromatic rings. The van der Waals surface area contributed by atoms with E-state index in [0.717, 1.165) is 17.0 Å². The van der Waals surface area contributed by atoms with Gasteiger partial charge in [0, 0.05) is 0 Å². The lowest BCUT2D eigenvalue weighted by Gasteiger charge is -2.24. The molecule has 0 aliphatic carbocycles. The number of hydrogen-bond donors (Lipinski definition) is 0. The summed E-state index contributed by atoms with van der Waals surface area (Å²) >= 11 is 0. The fourth-order valence-corrected chi connectivity index (χ4v) is 2.72. The molecule has 124 valence electrons. The van der Waals surface area contributed by atoms with Crippen LogP contribution in [0.15, 0.2) is 28.8 Å². The maximum absolute atomic E-state index is 5.99. The van der Waals surface area contributed by atoms with Gasteiger partial charge in [0.05, 0.1) is 25.5 Å². The molecule has 0 radical (unpaired) electrons. The molecule has 0 amide bonds. The van der Waals surface area contributed by atoms with Crippen LogP contribution in [0.2, 0.25) is 0 Å². The molecule has 8 heteroatoms. The van der Waals surface area contributed by atoms with Crippen LogP contribution in [0.25, 0.3) is 11.6 Å². The first kappa shape index (κ1) is 14.8. The molecule has 1 atom stereocenters. The monoisotopic (exact) mass is 327 g/mol. The van der Waals surface area contributed by atoms with Crippen LogP contribution in [0.3, 0.4) is 0 Å². The summed E-state index contributed by atoms with van der Waals surface area (Å²) in [5.41, 5.74) is 2.51. The molecule has 24 heavy (non-hydrogen) atoms. The van der Waals surface area contributed by atoms with Gasteiger partial charge in [0.1, 0.15) is 11.9 Å². The molecular formula is C16H17N5O3. The second-order valence-corrected chi connectivity index (χ2v) is 5.52. The van der Waals surface area contributed by atoms with Crippen LogP contribution in [0.5, 0.6) is 5.75 Å². The molecule has 8 nitrogen and oxygen atoms in total. The summed E-state index contributed by atoms with van der Waals surface area (Å²) in [6.45, 7) is 5.36. The molecule has 0 saturated heterocycles. The van der Waals surface area contributed by atoms with Gasteiger partial charge in [0.15, 0.2) is 11.5 Å². The van der Waals surface area contributed by atoms with Crippen molar-refractivity contribution in [1.29, 1.82) is 0 Å². The van der Waals surface area contributed by atoms with Gasteiger partial charge in [-0.1, -0.05) is 22.5 Å². The van der Waals surface area contributed by atoms with Gasteiger partial charge >= 0.3 is 0 Å². The predicted octanol–water partition coefficient (Wildman–Crippen LogP) is 2.31. The third kappa shape index (κ3) is 2.65. The fourth-order valence-electron chi connectivity index (χ4n) is 2.72. The van der Waals surface area contributed by atoms with Gasteiger partial charge in [-0.2, -0.15) is 4.98 Å². The van der Waals surface area contributed by atoms with E-state index < -0.39 is 0 Å². The van der Waals surface area contributed by atoms with Crippen LogP contribution in [0, 0.1) is 6.92 Å². The Morgan fingerprint density at radius 3 is 2.83 bits per heavy atom. The number of aromatic nitrogens is 5. The first-order chi connectivity index (χ1) is 11.7. The minimum absolute atomic E-state index is 0.0767. The Kier molecular flexibility index (Phi) is 3.73. The van der Waals surface area contributed by atoms with Crippen molar-refractivity contribution in [3.05, 3.63) is 41.3 Å². The van der Waals surface area contributed by atoms with Crippen molar-refractivity contribution >= 4 is 0 Å². The zero-order valence-corrected chi connectivity index (χ0v) is 13.5. The first-order valence-electron chi connectivity index (χ1n) is 7.82. The maximum atomic E-state index is 5.99. The Morgan fingerprint density at radius 1 is 1.29 bits per heavy atom. The van der Waals surface area contributed by atoms with Crippen LogP contribution in [-0.2, 0) is 17.9 Å². The average Bonchev–Trinajstić information content (AvgIpc) is 3.21. The molecule has 1 aliphatic rings. The smallest absolute Gasteiger partial charge is 0.280 e. The van der Waals surface area contributed by atoms with Gasteiger partial charge in [0.2, 0.25) is 0 Å². The summed E-state index contributed by atoms with van der Waals surface area (Å²) in [7, 11) is 0. The van der Waals surface area contributed by atoms with E-state index in [1.807, 2.05) is 35.9 Å². The van der Waals surface area contributed by atoms with E-state index in [0.29, 0.717) is 37.2 Å². The van der Waals surface area contributed by atoms with Gasteiger partial charge in [-0.05, 0) is 31.5 Å². The number of benzene rings is 1. The minimum Gasteiger partial charge on any atom is -0.494 e. The van der Waals surface area contributed by atoms with Crippen molar-refractivity contribution in [2.24, 2.45) is 0 Å². The number of hydrogen-bond acceptors (Lipinski definition) is 7. The summed E-state index contributed by atoms with van der Waals surface area (Å²) in [6.07, 6.45) is -0.0767. The average molecular weight is 327 g/mol. The van der Waals surface area contributed by atoms with Crippen molar-refractivity contribution in [1.82, 2.24) is 25.1 Å². The summed E-state index contributed by atoms with van der Waals surface area (Å²) < 4.78 is 18.5. The van der Waals surface area contributed by atoms with Gasteiger partial charge in [0.25, 0.3) is 5.89 Å². The predicted molar refractivity (Wildman–Crippen MR) is 83.2 cm³/mol. The zero-order valence-electron chi connectivity index (χ0n) is 13.5. The van der Waals surface area contributed by atoms with Crippen molar-refractivity contribution in [3.63, 3.8) is 0 Å². The van der Waals surface area contributed by atoms with Crippen LogP contribution in [0.4, 0.5) is 0 Å². The van der Waals surface area contributed by atoms with E-state index in [9.17, 15) is 0 Å². The number of rotatable bonds is 4. The van der Waals surface area contributed by atoms with Gasteiger partial charge < -0.3 is 14.0 Å². The van der Waals surface area contributed by atoms with Crippen molar-refractivity contribution < 1.29 is 14.0 Å². The number of aryl methyl sites for hydroxylation is 1. The quantitative estimate of drug-likeness (QED) is 0.726. The lowest BCUT2D eigenvalue weighted by atomic mass is 10.1. The van der Waals surface area contributed by atoms with Crippen LogP contribution < -0.4 is 4.74 Å². The Morgan fingerprint density at radius 2 is 2.12 bits per heavy atom. The summed E-state index contributed by atoms with van der Waals surface area (Å²) in [5.74, 6) is 1.79. The first-order valence-corrected chi connectivity index (χ1v) is 7.82. The van der Waals surface area contributed by atoms with Crippen molar-refractivity contribution in [2.45, 2.75) is 33.1 Å². The molecule has 0 unspecified atom stereocenters. The van der Waals surface area contributed by atoms with E-state index in [4.69, 9.17) is 14.0 Å². The molecule has 2 aromatic heterocycles. The maximum Gasteiger partial charge on any atom is 0.280 e. The minimum atomic E-state index is -0.0767. The van der Waals surface area contributed by atoms with E-state index in [1.165, 1.54) is 0 Å². The van der Waals surface area contributed by atoms with E-state index in [1.54, 1.807) is 6.92 Å². The largest absolute Gasteiger partial charge is 0.494 e. The highest BCUT2D eigenvalue weighted by atomic mass is 16.5. The Bertz CT molecular complexity index is 840. The lowest BCUT2D eigenvalue weighted by Crippen LogP contribution is -2.22. The van der Waals surface area contributed by atoms with Crippen molar-refractivity contribution in [2.75, 3.05) is 6.61 Å². The molecule has 1 aromatic carbocycles. The van der Waals surface area contributed by atoms with Crippen LogP contribution in [-0.4, -0.2) is 31.7 Å². The molecule has 0 bridgehead atoms. The zero-order chi connectivity index (χ0) is 16.5. The van der Waals surface area contributed by atoms with E-state index in [-0.39, 0.29) is 6.10 Å². The number of fused-ring (bicyclic) bond motifs is 1. The Labute approximate surface area is 138 Å². The highest BCUT2D eigenvalue weighted by Gasteiger charge is 2.27. The van der Waals surface area contributed by atoms with Gasteiger partial charge in [-0.25, -0.2) is 4.68 Å². The standard InChI is InChI=1S/C16H17N5O3/c1-3-22-12-6-4-11(5-7-12)14-8-21-13(9-23-14)15(18-20-21)16-17-10(2)19-24-16/h4-7,14H,3,8-9H2,1-2H3/t14-/m0/s1. The highest BCUT2D eigenvalue weighted by molar-refractivity contribution is 5.49. The third-order valence-corrected chi connectivity index (χ3v) is 3.89. The summed E-state index contributed by atoms with van der Waals surface area (Å²) in [5, 5.41) is 12.2. The second-order valence-electron chi connectivity index (χ2n) is 5.52. The van der Waals surface area contributed by atoms with Crippen molar-refractivity contribution in [3.8, 4) is 17.3 Å². The van der Waals surface area contributed by atoms with Crippen LogP contribution in [0.1, 0.15) is 30.1 Å². The SMILES string of the molecule is CCOc1ccc([C@@H]2Cn3nnc(-c4nc(C)no4)c3CO2)cc1. The molecular weight excluding hydrogens is 310 g/mol. The molecule has 3 heterocycles. The highest BCUT2D eigenvalue weighted by Crippen LogP contribution is 2.30. The topological polar surface area (TPSA) is 88.1 Å². The van der Waals surface area contributed by atoms with Gasteiger partial charge in [-0.3, -0.25) is 0 Å². The molecule has 0 fully saturated rings.